The van der Waals surface area contributed by atoms with E-state index in [1.165, 1.54) is 18.4 Å². The van der Waals surface area contributed by atoms with Gasteiger partial charge in [0.1, 0.15) is 0 Å². The molecule has 1 atom stereocenters. The number of fused-ring (bicyclic) bond motifs is 1. The van der Waals surface area contributed by atoms with Gasteiger partial charge in [0.05, 0.1) is 24.3 Å². The fraction of sp³-hybridized carbons (Fsp3) is 0.217. The van der Waals surface area contributed by atoms with Gasteiger partial charge in [-0.2, -0.15) is 0 Å². The van der Waals surface area contributed by atoms with E-state index in [4.69, 9.17) is 11.6 Å². The van der Waals surface area contributed by atoms with Crippen molar-refractivity contribution in [3.63, 3.8) is 0 Å². The van der Waals surface area contributed by atoms with Gasteiger partial charge in [-0.1, -0.05) is 11.6 Å². The van der Waals surface area contributed by atoms with E-state index >= 15 is 0 Å². The molecule has 0 spiro atoms. The molecule has 4 rings (SSSR count). The molecule has 1 aliphatic carbocycles. The van der Waals surface area contributed by atoms with Gasteiger partial charge in [-0.25, -0.2) is 9.78 Å². The van der Waals surface area contributed by atoms with Crippen LogP contribution < -0.4 is 10.6 Å². The predicted octanol–water partition coefficient (Wildman–Crippen LogP) is 4.89. The van der Waals surface area contributed by atoms with E-state index in [2.05, 4.69) is 20.4 Å². The molecule has 0 saturated heterocycles. The summed E-state index contributed by atoms with van der Waals surface area (Å²) in [5.74, 6) is -1.29. The lowest BCUT2D eigenvalue weighted by Crippen LogP contribution is -2.24. The molecule has 9 heteroatoms. The molecular formula is C23H20ClN3O4S. The number of carbonyl (C=O) groups excluding carboxylic acids is 3. The highest BCUT2D eigenvalue weighted by molar-refractivity contribution is 7.16. The van der Waals surface area contributed by atoms with Crippen LogP contribution in [0.3, 0.4) is 0 Å². The standard InChI is InChI=1S/C23H20ClN3O4S/c1-31-22(30)14-7-11-16(12-8-14)25-21(29)17-3-2-4-18-19(17)26-23(32-18)27-20(28)13-5-9-15(24)10-6-13/h5-12,17H,2-4H2,1H3,(H,25,29)(H,26,27,28). The van der Waals surface area contributed by atoms with Gasteiger partial charge >= 0.3 is 5.97 Å². The summed E-state index contributed by atoms with van der Waals surface area (Å²) in [6, 6.07) is 13.1. The number of ether oxygens (including phenoxy) is 1. The number of anilines is 2. The van der Waals surface area contributed by atoms with Gasteiger partial charge in [0.15, 0.2) is 5.13 Å². The van der Waals surface area contributed by atoms with E-state index in [1.54, 1.807) is 48.5 Å². The number of amides is 2. The highest BCUT2D eigenvalue weighted by atomic mass is 35.5. The minimum Gasteiger partial charge on any atom is -0.465 e. The monoisotopic (exact) mass is 469 g/mol. The number of rotatable bonds is 5. The largest absolute Gasteiger partial charge is 0.465 e. The lowest BCUT2D eigenvalue weighted by molar-refractivity contribution is -0.117. The van der Waals surface area contributed by atoms with Crippen LogP contribution in [0.2, 0.25) is 5.02 Å². The molecule has 2 N–H and O–H groups in total. The molecule has 0 saturated carbocycles. The second-order valence-corrected chi connectivity index (χ2v) is 8.81. The first-order valence-electron chi connectivity index (χ1n) is 10.0. The van der Waals surface area contributed by atoms with Crippen LogP contribution in [0, 0.1) is 0 Å². The highest BCUT2D eigenvalue weighted by Crippen LogP contribution is 2.37. The number of thiazole rings is 1. The number of nitrogens with zero attached hydrogens (tertiary/aromatic N) is 1. The summed E-state index contributed by atoms with van der Waals surface area (Å²) < 4.78 is 4.69. The maximum atomic E-state index is 13.0. The van der Waals surface area contributed by atoms with E-state index in [0.717, 1.165) is 17.7 Å². The molecule has 0 fully saturated rings. The SMILES string of the molecule is COC(=O)c1ccc(NC(=O)C2CCCc3sc(NC(=O)c4ccc(Cl)cc4)nc32)cc1. The molecule has 1 aliphatic rings. The average Bonchev–Trinajstić information content (AvgIpc) is 3.21. The smallest absolute Gasteiger partial charge is 0.337 e. The molecule has 2 aromatic carbocycles. The first-order valence-corrected chi connectivity index (χ1v) is 11.2. The molecule has 1 aromatic heterocycles. The van der Waals surface area contributed by atoms with Crippen LogP contribution >= 0.6 is 22.9 Å². The zero-order valence-corrected chi connectivity index (χ0v) is 18.8. The molecule has 164 valence electrons. The number of hydrogen-bond donors (Lipinski definition) is 2. The Morgan fingerprint density at radius 3 is 2.41 bits per heavy atom. The van der Waals surface area contributed by atoms with Crippen LogP contribution in [0.25, 0.3) is 0 Å². The molecule has 2 amide bonds. The van der Waals surface area contributed by atoms with Crippen LogP contribution in [0.4, 0.5) is 10.8 Å². The first-order chi connectivity index (χ1) is 15.4. The molecule has 1 heterocycles. The Bertz CT molecular complexity index is 1160. The molecule has 0 bridgehead atoms. The number of halogens is 1. The van der Waals surface area contributed by atoms with Crippen LogP contribution in [0.15, 0.2) is 48.5 Å². The fourth-order valence-electron chi connectivity index (χ4n) is 3.53. The lowest BCUT2D eigenvalue weighted by atomic mass is 9.90. The Morgan fingerprint density at radius 1 is 1.03 bits per heavy atom. The molecule has 32 heavy (non-hydrogen) atoms. The van der Waals surface area contributed by atoms with E-state index in [-0.39, 0.29) is 11.8 Å². The number of aryl methyl sites for hydroxylation is 1. The Labute approximate surface area is 193 Å². The van der Waals surface area contributed by atoms with Crippen LogP contribution in [-0.4, -0.2) is 29.9 Å². The topological polar surface area (TPSA) is 97.4 Å². The van der Waals surface area contributed by atoms with Gasteiger partial charge < -0.3 is 10.1 Å². The van der Waals surface area contributed by atoms with Crippen LogP contribution in [0.1, 0.15) is 50.0 Å². The number of aromatic nitrogens is 1. The lowest BCUT2D eigenvalue weighted by Gasteiger charge is -2.20. The zero-order chi connectivity index (χ0) is 22.7. The second-order valence-electron chi connectivity index (χ2n) is 7.29. The summed E-state index contributed by atoms with van der Waals surface area (Å²) in [7, 11) is 1.32. The predicted molar refractivity (Wildman–Crippen MR) is 124 cm³/mol. The second kappa shape index (κ2) is 9.50. The van der Waals surface area contributed by atoms with Gasteiger partial charge in [-0.15, -0.1) is 11.3 Å². The van der Waals surface area contributed by atoms with Crippen molar-refractivity contribution < 1.29 is 19.1 Å². The quantitative estimate of drug-likeness (QED) is 0.518. The van der Waals surface area contributed by atoms with Gasteiger partial charge in [0, 0.05) is 21.2 Å². The number of nitrogens with one attached hydrogen (secondary N) is 2. The number of methoxy groups -OCH3 is 1. The normalized spacial score (nSPS) is 14.9. The molecule has 0 radical (unpaired) electrons. The van der Waals surface area contributed by atoms with Gasteiger partial charge in [-0.3, -0.25) is 14.9 Å². The van der Waals surface area contributed by atoms with Crippen molar-refractivity contribution in [1.82, 2.24) is 4.98 Å². The third-order valence-corrected chi connectivity index (χ3v) is 6.47. The van der Waals surface area contributed by atoms with Crippen molar-refractivity contribution in [2.24, 2.45) is 0 Å². The summed E-state index contributed by atoms with van der Waals surface area (Å²) in [5, 5.41) is 6.73. The van der Waals surface area contributed by atoms with Crippen molar-refractivity contribution in [3.05, 3.63) is 75.3 Å². The fourth-order valence-corrected chi connectivity index (χ4v) is 4.72. The van der Waals surface area contributed by atoms with Crippen LogP contribution in [-0.2, 0) is 16.0 Å². The van der Waals surface area contributed by atoms with E-state index in [1.807, 2.05) is 0 Å². The number of benzene rings is 2. The minimum absolute atomic E-state index is 0.169. The van der Waals surface area contributed by atoms with Crippen molar-refractivity contribution >= 4 is 51.5 Å². The van der Waals surface area contributed by atoms with Crippen molar-refractivity contribution in [2.75, 3.05) is 17.7 Å². The average molecular weight is 470 g/mol. The Kier molecular flexibility index (Phi) is 6.53. The van der Waals surface area contributed by atoms with E-state index in [0.29, 0.717) is 39.1 Å². The van der Waals surface area contributed by atoms with Gasteiger partial charge in [-0.05, 0) is 67.8 Å². The number of hydrogen-bond acceptors (Lipinski definition) is 6. The van der Waals surface area contributed by atoms with E-state index in [9.17, 15) is 14.4 Å². The molecule has 0 aliphatic heterocycles. The van der Waals surface area contributed by atoms with Crippen molar-refractivity contribution in [1.29, 1.82) is 0 Å². The minimum atomic E-state index is -0.435. The Morgan fingerprint density at radius 2 is 1.72 bits per heavy atom. The molecule has 1 unspecified atom stereocenters. The third kappa shape index (κ3) is 4.81. The maximum absolute atomic E-state index is 13.0. The third-order valence-electron chi connectivity index (χ3n) is 5.17. The molecular weight excluding hydrogens is 450 g/mol. The molecule has 7 nitrogen and oxygen atoms in total. The van der Waals surface area contributed by atoms with E-state index < -0.39 is 11.9 Å². The summed E-state index contributed by atoms with van der Waals surface area (Å²) in [5.41, 5.74) is 2.18. The summed E-state index contributed by atoms with van der Waals surface area (Å²) in [4.78, 5) is 42.6. The summed E-state index contributed by atoms with van der Waals surface area (Å²) in [6.45, 7) is 0. The maximum Gasteiger partial charge on any atom is 0.337 e. The summed E-state index contributed by atoms with van der Waals surface area (Å²) in [6.07, 6.45) is 2.36. The Balaban J connectivity index is 1.46. The van der Waals surface area contributed by atoms with Crippen molar-refractivity contribution in [3.8, 4) is 0 Å². The first kappa shape index (κ1) is 22.0. The highest BCUT2D eigenvalue weighted by Gasteiger charge is 2.30. The summed E-state index contributed by atoms with van der Waals surface area (Å²) >= 11 is 7.27. The molecule has 3 aromatic rings. The Hall–Kier alpha value is -3.23. The van der Waals surface area contributed by atoms with Crippen LogP contribution in [0.5, 0.6) is 0 Å². The number of esters is 1. The van der Waals surface area contributed by atoms with Crippen molar-refractivity contribution in [2.45, 2.75) is 25.2 Å². The zero-order valence-electron chi connectivity index (χ0n) is 17.2. The number of carbonyl (C=O) groups is 3. The van der Waals surface area contributed by atoms with Gasteiger partial charge in [0.2, 0.25) is 5.91 Å². The van der Waals surface area contributed by atoms with Gasteiger partial charge in [0.25, 0.3) is 5.91 Å².